The minimum atomic E-state index is -1.55. The first-order chi connectivity index (χ1) is 15.6. The second kappa shape index (κ2) is 9.67. The first-order valence-electron chi connectivity index (χ1n) is 9.72. The highest BCUT2D eigenvalue weighted by molar-refractivity contribution is 6.34. The number of nitrogens with one attached hydrogen (secondary N) is 6. The summed E-state index contributed by atoms with van der Waals surface area (Å²) in [5, 5.41) is 36.7. The maximum atomic E-state index is 12.3. The summed E-state index contributed by atoms with van der Waals surface area (Å²) in [6.45, 7) is 0.915. The van der Waals surface area contributed by atoms with E-state index in [4.69, 9.17) is 16.2 Å². The van der Waals surface area contributed by atoms with Crippen LogP contribution < -0.4 is 32.6 Å². The van der Waals surface area contributed by atoms with Gasteiger partial charge in [0, 0.05) is 30.8 Å². The van der Waals surface area contributed by atoms with Crippen molar-refractivity contribution in [3.63, 3.8) is 0 Å². The van der Waals surface area contributed by atoms with E-state index < -0.39 is 36.0 Å². The quantitative estimate of drug-likeness (QED) is 0.214. The molecule has 0 aliphatic carbocycles. The summed E-state index contributed by atoms with van der Waals surface area (Å²) >= 11 is 0. The third-order valence-corrected chi connectivity index (χ3v) is 4.77. The van der Waals surface area contributed by atoms with Gasteiger partial charge >= 0.3 is 11.9 Å². The molecule has 2 atom stereocenters. The van der Waals surface area contributed by atoms with Crippen LogP contribution in [0.4, 0.5) is 23.1 Å². The molecular formula is C19H22N8O6. The standard InChI is InChI=1S/C19H22N8O6/c20-11(17(30)31)5-12(18(32)33)25-15(28)8-1-3-9(4-2-8)22-6-10-7-23-14-13(24-10)16(29)27-19(21)26-14/h1-4,10,12,20,22,24H,5-7H2,(H,25,28)(H,30,31)(H,32,33)(H4,21,23,26,27,29)/t10-,12-/m0/s1. The summed E-state index contributed by atoms with van der Waals surface area (Å²) in [5.74, 6) is -3.32. The number of rotatable bonds is 9. The second-order valence-corrected chi connectivity index (χ2v) is 7.21. The lowest BCUT2D eigenvalue weighted by atomic mass is 10.1. The number of amides is 1. The fourth-order valence-electron chi connectivity index (χ4n) is 3.06. The van der Waals surface area contributed by atoms with Crippen LogP contribution >= 0.6 is 0 Å². The van der Waals surface area contributed by atoms with Gasteiger partial charge in [-0.3, -0.25) is 20.0 Å². The SMILES string of the molecule is N=C(C[C@H](NC(=O)c1ccc(NC[C@H]2CNc3nc(N)[nH]c(=O)c3N2)cc1)C(=O)O)C(=O)O. The normalized spacial score (nSPS) is 15.2. The average Bonchev–Trinajstić information content (AvgIpc) is 2.77. The van der Waals surface area contributed by atoms with Gasteiger partial charge in [0.15, 0.2) is 5.82 Å². The van der Waals surface area contributed by atoms with Crippen LogP contribution in [-0.2, 0) is 9.59 Å². The number of H-pyrrole nitrogens is 1. The number of aromatic amines is 1. The van der Waals surface area contributed by atoms with E-state index in [9.17, 15) is 24.3 Å². The second-order valence-electron chi connectivity index (χ2n) is 7.21. The molecule has 10 N–H and O–H groups in total. The molecule has 2 heterocycles. The van der Waals surface area contributed by atoms with Gasteiger partial charge in [-0.15, -0.1) is 0 Å². The van der Waals surface area contributed by atoms with Crippen molar-refractivity contribution in [1.82, 2.24) is 15.3 Å². The Morgan fingerprint density at radius 2 is 1.94 bits per heavy atom. The van der Waals surface area contributed by atoms with E-state index in [1.807, 2.05) is 0 Å². The summed E-state index contributed by atoms with van der Waals surface area (Å²) in [5.41, 5.74) is 5.44. The van der Waals surface area contributed by atoms with Crippen LogP contribution in [-0.4, -0.2) is 68.9 Å². The predicted molar refractivity (Wildman–Crippen MR) is 119 cm³/mol. The van der Waals surface area contributed by atoms with E-state index in [0.29, 0.717) is 30.3 Å². The van der Waals surface area contributed by atoms with Crippen molar-refractivity contribution in [2.45, 2.75) is 18.5 Å². The topological polar surface area (TPSA) is 235 Å². The minimum Gasteiger partial charge on any atom is -0.480 e. The molecule has 1 aliphatic rings. The maximum Gasteiger partial charge on any atom is 0.349 e. The number of carboxylic acids is 2. The third kappa shape index (κ3) is 5.75. The van der Waals surface area contributed by atoms with Crippen molar-refractivity contribution in [1.29, 1.82) is 5.41 Å². The number of benzene rings is 1. The van der Waals surface area contributed by atoms with E-state index in [-0.39, 0.29) is 23.1 Å². The molecule has 0 saturated carbocycles. The summed E-state index contributed by atoms with van der Waals surface area (Å²) in [4.78, 5) is 52.8. The Balaban J connectivity index is 1.56. The molecule has 0 unspecified atom stereocenters. The molecule has 14 nitrogen and oxygen atoms in total. The Labute approximate surface area is 186 Å². The van der Waals surface area contributed by atoms with Gasteiger partial charge in [0.2, 0.25) is 5.95 Å². The zero-order valence-corrected chi connectivity index (χ0v) is 17.1. The third-order valence-electron chi connectivity index (χ3n) is 4.77. The number of carbonyl (C=O) groups excluding carboxylic acids is 1. The van der Waals surface area contributed by atoms with Gasteiger partial charge in [0.25, 0.3) is 11.5 Å². The molecule has 0 radical (unpaired) electrons. The van der Waals surface area contributed by atoms with E-state index in [1.54, 1.807) is 12.1 Å². The van der Waals surface area contributed by atoms with Gasteiger partial charge in [-0.05, 0) is 24.3 Å². The van der Waals surface area contributed by atoms with E-state index in [2.05, 4.69) is 31.2 Å². The molecular weight excluding hydrogens is 436 g/mol. The molecule has 3 rings (SSSR count). The number of hydrogen-bond donors (Lipinski definition) is 9. The van der Waals surface area contributed by atoms with Crippen LogP contribution in [0.2, 0.25) is 0 Å². The highest BCUT2D eigenvalue weighted by atomic mass is 16.4. The molecule has 174 valence electrons. The molecule has 1 amide bonds. The van der Waals surface area contributed by atoms with Gasteiger partial charge in [0.05, 0.1) is 6.04 Å². The van der Waals surface area contributed by atoms with Crippen molar-refractivity contribution in [3.05, 3.63) is 40.2 Å². The zero-order chi connectivity index (χ0) is 24.1. The van der Waals surface area contributed by atoms with Crippen LogP contribution in [0, 0.1) is 5.41 Å². The zero-order valence-electron chi connectivity index (χ0n) is 17.1. The van der Waals surface area contributed by atoms with Crippen LogP contribution in [0.1, 0.15) is 16.8 Å². The lowest BCUT2D eigenvalue weighted by molar-refractivity contribution is -0.139. The van der Waals surface area contributed by atoms with Gasteiger partial charge in [-0.1, -0.05) is 0 Å². The number of nitrogens with zero attached hydrogens (tertiary/aromatic N) is 1. The molecule has 1 aliphatic heterocycles. The monoisotopic (exact) mass is 458 g/mol. The number of hydrogen-bond acceptors (Lipinski definition) is 10. The number of nitrogen functional groups attached to an aromatic ring is 1. The van der Waals surface area contributed by atoms with Gasteiger partial charge in [-0.2, -0.15) is 4.98 Å². The maximum absolute atomic E-state index is 12.3. The van der Waals surface area contributed by atoms with Gasteiger partial charge < -0.3 is 37.2 Å². The molecule has 14 heteroatoms. The Kier molecular flexibility index (Phi) is 6.76. The number of nitrogens with two attached hydrogens (primary N) is 1. The summed E-state index contributed by atoms with van der Waals surface area (Å²) in [6.07, 6.45) is -0.646. The van der Waals surface area contributed by atoms with Crippen molar-refractivity contribution >= 4 is 46.7 Å². The molecule has 1 aromatic carbocycles. The molecule has 0 bridgehead atoms. The highest BCUT2D eigenvalue weighted by Gasteiger charge is 2.25. The Morgan fingerprint density at radius 3 is 2.58 bits per heavy atom. The van der Waals surface area contributed by atoms with E-state index in [1.165, 1.54) is 12.1 Å². The van der Waals surface area contributed by atoms with Crippen molar-refractivity contribution < 1.29 is 24.6 Å². The lowest BCUT2D eigenvalue weighted by Gasteiger charge is -2.27. The fourth-order valence-corrected chi connectivity index (χ4v) is 3.06. The highest BCUT2D eigenvalue weighted by Crippen LogP contribution is 2.20. The van der Waals surface area contributed by atoms with Crippen LogP contribution in [0.15, 0.2) is 29.1 Å². The Bertz CT molecular complexity index is 1150. The summed E-state index contributed by atoms with van der Waals surface area (Å²) in [6, 6.07) is 4.48. The smallest absolute Gasteiger partial charge is 0.349 e. The molecule has 1 aromatic heterocycles. The van der Waals surface area contributed by atoms with Crippen LogP contribution in [0.25, 0.3) is 0 Å². The number of fused-ring (bicyclic) bond motifs is 1. The van der Waals surface area contributed by atoms with Crippen molar-refractivity contribution in [3.8, 4) is 0 Å². The Hall–Kier alpha value is -4.62. The van der Waals surface area contributed by atoms with Gasteiger partial charge in [0.1, 0.15) is 17.4 Å². The van der Waals surface area contributed by atoms with Crippen molar-refractivity contribution in [2.24, 2.45) is 0 Å². The molecule has 0 fully saturated rings. The lowest BCUT2D eigenvalue weighted by Crippen LogP contribution is -2.43. The molecule has 2 aromatic rings. The fraction of sp³-hybridized carbons (Fsp3) is 0.263. The predicted octanol–water partition coefficient (Wildman–Crippen LogP) is -0.652. The summed E-state index contributed by atoms with van der Waals surface area (Å²) < 4.78 is 0. The number of carbonyl (C=O) groups is 3. The largest absolute Gasteiger partial charge is 0.480 e. The number of aliphatic carboxylic acids is 2. The molecule has 0 saturated heterocycles. The molecule has 33 heavy (non-hydrogen) atoms. The Morgan fingerprint density at radius 1 is 1.24 bits per heavy atom. The number of anilines is 4. The van der Waals surface area contributed by atoms with Gasteiger partial charge in [-0.25, -0.2) is 9.59 Å². The first-order valence-corrected chi connectivity index (χ1v) is 9.72. The minimum absolute atomic E-state index is 0.0172. The number of carboxylic acid groups (broad SMARTS) is 2. The van der Waals surface area contributed by atoms with E-state index in [0.717, 1.165) is 0 Å². The number of aromatic nitrogens is 2. The van der Waals surface area contributed by atoms with Crippen LogP contribution in [0.5, 0.6) is 0 Å². The average molecular weight is 458 g/mol. The van der Waals surface area contributed by atoms with E-state index >= 15 is 0 Å². The summed E-state index contributed by atoms with van der Waals surface area (Å²) in [7, 11) is 0. The van der Waals surface area contributed by atoms with Crippen molar-refractivity contribution in [2.75, 3.05) is 34.8 Å². The van der Waals surface area contributed by atoms with Crippen LogP contribution in [0.3, 0.4) is 0 Å². The molecule has 0 spiro atoms. The first kappa shape index (κ1) is 23.1.